The van der Waals surface area contributed by atoms with Gasteiger partial charge in [-0.05, 0) is 37.9 Å². The van der Waals surface area contributed by atoms with Crippen molar-refractivity contribution < 1.29 is 9.47 Å². The van der Waals surface area contributed by atoms with Crippen molar-refractivity contribution in [3.63, 3.8) is 0 Å². The first kappa shape index (κ1) is 16.6. The van der Waals surface area contributed by atoms with Crippen LogP contribution in [0.5, 0.6) is 11.5 Å². The number of rotatable bonds is 9. The zero-order valence-electron chi connectivity index (χ0n) is 13.2. The van der Waals surface area contributed by atoms with Crippen molar-refractivity contribution in [2.75, 3.05) is 20.8 Å². The SMILES string of the molecule is C=C(CC)CC(NCCC)c1c(OC)cccc1OC. The van der Waals surface area contributed by atoms with Crippen LogP contribution in [-0.4, -0.2) is 20.8 Å². The minimum absolute atomic E-state index is 0.175. The van der Waals surface area contributed by atoms with E-state index < -0.39 is 0 Å². The van der Waals surface area contributed by atoms with Gasteiger partial charge in [0.25, 0.3) is 0 Å². The maximum absolute atomic E-state index is 5.51. The second kappa shape index (κ2) is 8.64. The Morgan fingerprint density at radius 3 is 2.25 bits per heavy atom. The molecule has 0 heterocycles. The van der Waals surface area contributed by atoms with Crippen LogP contribution >= 0.6 is 0 Å². The van der Waals surface area contributed by atoms with Crippen molar-refractivity contribution in [2.45, 2.75) is 39.2 Å². The molecule has 0 saturated carbocycles. The summed E-state index contributed by atoms with van der Waals surface area (Å²) in [6, 6.07) is 6.08. The summed E-state index contributed by atoms with van der Waals surface area (Å²) in [4.78, 5) is 0. The summed E-state index contributed by atoms with van der Waals surface area (Å²) in [6.07, 6.45) is 2.97. The maximum atomic E-state index is 5.51. The Bertz CT molecular complexity index is 407. The molecule has 3 heteroatoms. The van der Waals surface area contributed by atoms with E-state index in [1.807, 2.05) is 18.2 Å². The van der Waals surface area contributed by atoms with Crippen molar-refractivity contribution in [1.29, 1.82) is 0 Å². The van der Waals surface area contributed by atoms with Crippen molar-refractivity contribution in [1.82, 2.24) is 5.32 Å². The largest absolute Gasteiger partial charge is 0.496 e. The molecule has 0 saturated heterocycles. The summed E-state index contributed by atoms with van der Waals surface area (Å²) >= 11 is 0. The molecule has 0 bridgehead atoms. The highest BCUT2D eigenvalue weighted by Gasteiger charge is 2.20. The summed E-state index contributed by atoms with van der Waals surface area (Å²) in [5, 5.41) is 3.58. The Morgan fingerprint density at radius 2 is 1.80 bits per heavy atom. The number of methoxy groups -OCH3 is 2. The molecule has 0 aliphatic rings. The lowest BCUT2D eigenvalue weighted by atomic mass is 9.96. The van der Waals surface area contributed by atoms with Gasteiger partial charge in [-0.2, -0.15) is 0 Å². The highest BCUT2D eigenvalue weighted by atomic mass is 16.5. The van der Waals surface area contributed by atoms with E-state index in [0.29, 0.717) is 0 Å². The van der Waals surface area contributed by atoms with Gasteiger partial charge in [0.1, 0.15) is 11.5 Å². The molecule has 20 heavy (non-hydrogen) atoms. The molecule has 1 aromatic rings. The van der Waals surface area contributed by atoms with Gasteiger partial charge in [-0.15, -0.1) is 0 Å². The van der Waals surface area contributed by atoms with E-state index in [9.17, 15) is 0 Å². The molecular weight excluding hydrogens is 250 g/mol. The van der Waals surface area contributed by atoms with Crippen LogP contribution in [0.15, 0.2) is 30.4 Å². The Balaban J connectivity index is 3.13. The van der Waals surface area contributed by atoms with Crippen LogP contribution < -0.4 is 14.8 Å². The maximum Gasteiger partial charge on any atom is 0.127 e. The van der Waals surface area contributed by atoms with Crippen LogP contribution in [-0.2, 0) is 0 Å². The van der Waals surface area contributed by atoms with E-state index in [1.165, 1.54) is 5.57 Å². The lowest BCUT2D eigenvalue weighted by Crippen LogP contribution is -2.23. The number of nitrogens with one attached hydrogen (secondary N) is 1. The van der Waals surface area contributed by atoms with Gasteiger partial charge in [-0.3, -0.25) is 0 Å². The summed E-state index contributed by atoms with van der Waals surface area (Å²) in [7, 11) is 3.40. The fraction of sp³-hybridized carbons (Fsp3) is 0.529. The Labute approximate surface area is 123 Å². The molecule has 1 N–H and O–H groups in total. The van der Waals surface area contributed by atoms with E-state index in [1.54, 1.807) is 14.2 Å². The van der Waals surface area contributed by atoms with Gasteiger partial charge < -0.3 is 14.8 Å². The molecule has 0 aromatic heterocycles. The van der Waals surface area contributed by atoms with E-state index in [-0.39, 0.29) is 6.04 Å². The first-order chi connectivity index (χ1) is 9.67. The first-order valence-corrected chi connectivity index (χ1v) is 7.28. The molecule has 1 rings (SSSR count). The lowest BCUT2D eigenvalue weighted by Gasteiger charge is -2.24. The Hall–Kier alpha value is -1.48. The van der Waals surface area contributed by atoms with Crippen molar-refractivity contribution >= 4 is 0 Å². The Morgan fingerprint density at radius 1 is 1.20 bits per heavy atom. The third-order valence-electron chi connectivity index (χ3n) is 3.45. The molecule has 0 radical (unpaired) electrons. The second-order valence-electron chi connectivity index (χ2n) is 4.89. The van der Waals surface area contributed by atoms with Crippen molar-refractivity contribution in [2.24, 2.45) is 0 Å². The minimum Gasteiger partial charge on any atom is -0.496 e. The normalized spacial score (nSPS) is 12.0. The quantitative estimate of drug-likeness (QED) is 0.689. The number of ether oxygens (including phenoxy) is 2. The first-order valence-electron chi connectivity index (χ1n) is 7.28. The zero-order valence-corrected chi connectivity index (χ0v) is 13.2. The average molecular weight is 277 g/mol. The zero-order chi connectivity index (χ0) is 15.0. The van der Waals surface area contributed by atoms with Crippen LogP contribution in [0.4, 0.5) is 0 Å². The van der Waals surface area contributed by atoms with Crippen molar-refractivity contribution in [3.8, 4) is 11.5 Å². The molecule has 1 atom stereocenters. The fourth-order valence-electron chi connectivity index (χ4n) is 2.25. The topological polar surface area (TPSA) is 30.5 Å². The monoisotopic (exact) mass is 277 g/mol. The van der Waals surface area contributed by atoms with E-state index in [2.05, 4.69) is 25.7 Å². The van der Waals surface area contributed by atoms with Crippen LogP contribution in [0, 0.1) is 0 Å². The summed E-state index contributed by atoms with van der Waals surface area (Å²) < 4.78 is 11.0. The average Bonchev–Trinajstić information content (AvgIpc) is 2.50. The molecule has 0 fully saturated rings. The summed E-state index contributed by atoms with van der Waals surface area (Å²) in [5.41, 5.74) is 2.31. The molecule has 112 valence electrons. The van der Waals surface area contributed by atoms with Gasteiger partial charge in [0.05, 0.1) is 19.8 Å². The predicted molar refractivity (Wildman–Crippen MR) is 84.6 cm³/mol. The highest BCUT2D eigenvalue weighted by Crippen LogP contribution is 2.36. The smallest absolute Gasteiger partial charge is 0.127 e. The van der Waals surface area contributed by atoms with Crippen LogP contribution in [0.25, 0.3) is 0 Å². The highest BCUT2D eigenvalue weighted by molar-refractivity contribution is 5.47. The van der Waals surface area contributed by atoms with Crippen molar-refractivity contribution in [3.05, 3.63) is 35.9 Å². The lowest BCUT2D eigenvalue weighted by molar-refractivity contribution is 0.369. The number of benzene rings is 1. The third-order valence-corrected chi connectivity index (χ3v) is 3.45. The van der Waals surface area contributed by atoms with Gasteiger partial charge in [0.2, 0.25) is 0 Å². The minimum atomic E-state index is 0.175. The second-order valence-corrected chi connectivity index (χ2v) is 4.89. The Kier molecular flexibility index (Phi) is 7.16. The summed E-state index contributed by atoms with van der Waals surface area (Å²) in [5.74, 6) is 1.73. The molecule has 1 unspecified atom stereocenters. The molecule has 0 spiro atoms. The third kappa shape index (κ3) is 4.27. The van der Waals surface area contributed by atoms with Crippen LogP contribution in [0.3, 0.4) is 0 Å². The van der Waals surface area contributed by atoms with E-state index >= 15 is 0 Å². The van der Waals surface area contributed by atoms with Crippen LogP contribution in [0.2, 0.25) is 0 Å². The number of hydrogen-bond acceptors (Lipinski definition) is 3. The molecule has 1 aromatic carbocycles. The van der Waals surface area contributed by atoms with Gasteiger partial charge in [-0.25, -0.2) is 0 Å². The van der Waals surface area contributed by atoms with Gasteiger partial charge in [0.15, 0.2) is 0 Å². The van der Waals surface area contributed by atoms with E-state index in [4.69, 9.17) is 9.47 Å². The molecule has 0 aliphatic heterocycles. The fourth-order valence-corrected chi connectivity index (χ4v) is 2.25. The van der Waals surface area contributed by atoms with E-state index in [0.717, 1.165) is 42.9 Å². The standard InChI is InChI=1S/C17H27NO2/c1-6-11-18-14(12-13(3)7-2)17-15(19-4)9-8-10-16(17)20-5/h8-10,14,18H,3,6-7,11-12H2,1-2,4-5H3. The van der Waals surface area contributed by atoms with Crippen LogP contribution in [0.1, 0.15) is 44.7 Å². The van der Waals surface area contributed by atoms with Gasteiger partial charge in [-0.1, -0.05) is 32.1 Å². The van der Waals surface area contributed by atoms with Gasteiger partial charge >= 0.3 is 0 Å². The summed E-state index contributed by atoms with van der Waals surface area (Å²) in [6.45, 7) is 9.40. The predicted octanol–water partition coefficient (Wildman–Crippen LogP) is 4.10. The number of hydrogen-bond donors (Lipinski definition) is 1. The molecular formula is C17H27NO2. The van der Waals surface area contributed by atoms with Gasteiger partial charge in [0, 0.05) is 6.04 Å². The molecule has 0 amide bonds. The molecule has 3 nitrogen and oxygen atoms in total. The molecule has 0 aliphatic carbocycles.